The summed E-state index contributed by atoms with van der Waals surface area (Å²) in [6.07, 6.45) is 1.54. The Labute approximate surface area is 141 Å². The summed E-state index contributed by atoms with van der Waals surface area (Å²) in [7, 11) is -3.28. The van der Waals surface area contributed by atoms with Gasteiger partial charge in [0, 0.05) is 41.9 Å². The second-order valence-electron chi connectivity index (χ2n) is 4.93. The number of carbonyl (C=O) groups is 1. The number of halogens is 1. The SMILES string of the molecule is CS(=O)(=O)Nc1ccc(NC(=O)CC2CSCCN2)cc1.Cl. The topological polar surface area (TPSA) is 87.3 Å². The van der Waals surface area contributed by atoms with Crippen molar-refractivity contribution in [2.45, 2.75) is 12.5 Å². The van der Waals surface area contributed by atoms with Gasteiger partial charge in [0.15, 0.2) is 0 Å². The van der Waals surface area contributed by atoms with E-state index in [1.54, 1.807) is 24.3 Å². The van der Waals surface area contributed by atoms with E-state index < -0.39 is 10.0 Å². The lowest BCUT2D eigenvalue weighted by atomic mass is 10.2. The molecule has 0 radical (unpaired) electrons. The Balaban J connectivity index is 0.00000242. The Bertz CT molecular complexity index is 587. The minimum Gasteiger partial charge on any atom is -0.326 e. The third kappa shape index (κ3) is 6.87. The predicted molar refractivity (Wildman–Crippen MR) is 94.5 cm³/mol. The first kappa shape index (κ1) is 19.1. The highest BCUT2D eigenvalue weighted by Crippen LogP contribution is 2.16. The van der Waals surface area contributed by atoms with E-state index in [0.29, 0.717) is 17.8 Å². The average molecular weight is 366 g/mol. The van der Waals surface area contributed by atoms with Gasteiger partial charge in [-0.2, -0.15) is 11.8 Å². The largest absolute Gasteiger partial charge is 0.326 e. The van der Waals surface area contributed by atoms with Crippen molar-refractivity contribution in [3.63, 3.8) is 0 Å². The van der Waals surface area contributed by atoms with Crippen LogP contribution in [0.5, 0.6) is 0 Å². The number of hydrogen-bond acceptors (Lipinski definition) is 5. The van der Waals surface area contributed by atoms with Crippen LogP contribution in [0.25, 0.3) is 0 Å². The van der Waals surface area contributed by atoms with Crippen LogP contribution >= 0.6 is 24.2 Å². The molecule has 0 spiro atoms. The van der Waals surface area contributed by atoms with Gasteiger partial charge in [0.05, 0.1) is 6.26 Å². The summed E-state index contributed by atoms with van der Waals surface area (Å²) in [6, 6.07) is 6.80. The zero-order chi connectivity index (χ0) is 15.3. The molecule has 1 aliphatic heterocycles. The summed E-state index contributed by atoms with van der Waals surface area (Å²) in [5, 5.41) is 6.13. The molecule has 0 aliphatic carbocycles. The smallest absolute Gasteiger partial charge is 0.229 e. The van der Waals surface area contributed by atoms with E-state index in [1.807, 2.05) is 11.8 Å². The molecule has 1 saturated heterocycles. The minimum atomic E-state index is -3.28. The number of anilines is 2. The maximum Gasteiger partial charge on any atom is 0.229 e. The van der Waals surface area contributed by atoms with Gasteiger partial charge < -0.3 is 10.6 Å². The van der Waals surface area contributed by atoms with Crippen LogP contribution in [-0.2, 0) is 14.8 Å². The molecule has 124 valence electrons. The molecule has 1 atom stereocenters. The summed E-state index contributed by atoms with van der Waals surface area (Å²) in [4.78, 5) is 11.9. The molecule has 0 aromatic heterocycles. The number of hydrogen-bond donors (Lipinski definition) is 3. The lowest BCUT2D eigenvalue weighted by molar-refractivity contribution is -0.116. The molecule has 0 saturated carbocycles. The summed E-state index contributed by atoms with van der Waals surface area (Å²) in [6.45, 7) is 0.939. The Morgan fingerprint density at radius 2 is 1.95 bits per heavy atom. The van der Waals surface area contributed by atoms with Crippen molar-refractivity contribution in [1.82, 2.24) is 5.32 Å². The predicted octanol–water partition coefficient (Wildman–Crippen LogP) is 1.51. The van der Waals surface area contributed by atoms with Crippen LogP contribution in [0.1, 0.15) is 6.42 Å². The molecule has 1 aromatic carbocycles. The molecular formula is C13H20ClN3O3S2. The zero-order valence-corrected chi connectivity index (χ0v) is 14.6. The van der Waals surface area contributed by atoms with Gasteiger partial charge in [-0.1, -0.05) is 0 Å². The van der Waals surface area contributed by atoms with Crippen molar-refractivity contribution >= 4 is 51.5 Å². The first-order valence-corrected chi connectivity index (χ1v) is 9.66. The van der Waals surface area contributed by atoms with Crippen LogP contribution in [0.15, 0.2) is 24.3 Å². The third-order valence-electron chi connectivity index (χ3n) is 2.90. The molecule has 9 heteroatoms. The number of sulfonamides is 1. The fourth-order valence-corrected chi connectivity index (χ4v) is 3.54. The van der Waals surface area contributed by atoms with Gasteiger partial charge in [0.25, 0.3) is 0 Å². The monoisotopic (exact) mass is 365 g/mol. The van der Waals surface area contributed by atoms with E-state index in [2.05, 4.69) is 15.4 Å². The number of rotatable bonds is 5. The van der Waals surface area contributed by atoms with Crippen LogP contribution in [0, 0.1) is 0 Å². The van der Waals surface area contributed by atoms with Crippen molar-refractivity contribution in [3.8, 4) is 0 Å². The normalized spacial score (nSPS) is 18.1. The van der Waals surface area contributed by atoms with E-state index in [-0.39, 0.29) is 24.4 Å². The highest BCUT2D eigenvalue weighted by atomic mass is 35.5. The third-order valence-corrected chi connectivity index (χ3v) is 4.64. The molecule has 2 rings (SSSR count). The summed E-state index contributed by atoms with van der Waals surface area (Å²) in [5.74, 6) is 2.00. The number of carbonyl (C=O) groups excluding carboxylic acids is 1. The van der Waals surface area contributed by atoms with Crippen molar-refractivity contribution in [3.05, 3.63) is 24.3 Å². The second kappa shape index (κ2) is 8.61. The van der Waals surface area contributed by atoms with Crippen LogP contribution in [-0.4, -0.2) is 44.7 Å². The van der Waals surface area contributed by atoms with Crippen molar-refractivity contribution < 1.29 is 13.2 Å². The van der Waals surface area contributed by atoms with Gasteiger partial charge in [0.2, 0.25) is 15.9 Å². The Morgan fingerprint density at radius 3 is 2.50 bits per heavy atom. The number of amides is 1. The van der Waals surface area contributed by atoms with Gasteiger partial charge >= 0.3 is 0 Å². The Kier molecular flexibility index (Phi) is 7.47. The molecule has 0 bridgehead atoms. The van der Waals surface area contributed by atoms with Crippen LogP contribution < -0.4 is 15.4 Å². The van der Waals surface area contributed by atoms with E-state index >= 15 is 0 Å². The summed E-state index contributed by atoms with van der Waals surface area (Å²) < 4.78 is 24.6. The lowest BCUT2D eigenvalue weighted by Gasteiger charge is -2.22. The molecular weight excluding hydrogens is 346 g/mol. The molecule has 22 heavy (non-hydrogen) atoms. The van der Waals surface area contributed by atoms with Gasteiger partial charge in [-0.05, 0) is 24.3 Å². The fraction of sp³-hybridized carbons (Fsp3) is 0.462. The van der Waals surface area contributed by atoms with Crippen LogP contribution in [0.2, 0.25) is 0 Å². The molecule has 3 N–H and O–H groups in total. The average Bonchev–Trinajstić information content (AvgIpc) is 2.40. The summed E-state index contributed by atoms with van der Waals surface area (Å²) >= 11 is 1.85. The van der Waals surface area contributed by atoms with Gasteiger partial charge in [-0.25, -0.2) is 8.42 Å². The van der Waals surface area contributed by atoms with E-state index in [4.69, 9.17) is 0 Å². The van der Waals surface area contributed by atoms with Gasteiger partial charge in [0.1, 0.15) is 0 Å². The van der Waals surface area contributed by atoms with Gasteiger partial charge in [-0.3, -0.25) is 9.52 Å². The lowest BCUT2D eigenvalue weighted by Crippen LogP contribution is -2.39. The first-order valence-electron chi connectivity index (χ1n) is 6.61. The van der Waals surface area contributed by atoms with Crippen molar-refractivity contribution in [2.24, 2.45) is 0 Å². The standard InChI is InChI=1S/C13H19N3O3S2.ClH/c1-21(18,19)16-11-4-2-10(3-5-11)15-13(17)8-12-9-20-7-6-14-12;/h2-5,12,14,16H,6-9H2,1H3,(H,15,17);1H. The molecule has 1 fully saturated rings. The second-order valence-corrected chi connectivity index (χ2v) is 7.83. The van der Waals surface area contributed by atoms with Crippen molar-refractivity contribution in [1.29, 1.82) is 0 Å². The molecule has 1 heterocycles. The fourth-order valence-electron chi connectivity index (χ4n) is 2.02. The van der Waals surface area contributed by atoms with E-state index in [0.717, 1.165) is 24.3 Å². The molecule has 1 unspecified atom stereocenters. The number of nitrogens with one attached hydrogen (secondary N) is 3. The zero-order valence-electron chi connectivity index (χ0n) is 12.2. The number of thioether (sulfide) groups is 1. The van der Waals surface area contributed by atoms with Crippen LogP contribution in [0.4, 0.5) is 11.4 Å². The highest BCUT2D eigenvalue weighted by Gasteiger charge is 2.16. The maximum atomic E-state index is 11.9. The highest BCUT2D eigenvalue weighted by molar-refractivity contribution is 7.99. The van der Waals surface area contributed by atoms with Crippen LogP contribution in [0.3, 0.4) is 0 Å². The summed E-state index contributed by atoms with van der Waals surface area (Å²) in [5.41, 5.74) is 1.13. The first-order chi connectivity index (χ1) is 9.92. The molecule has 6 nitrogen and oxygen atoms in total. The van der Waals surface area contributed by atoms with Crippen molar-refractivity contribution in [2.75, 3.05) is 34.3 Å². The minimum absolute atomic E-state index is 0. The van der Waals surface area contributed by atoms with E-state index in [1.165, 1.54) is 0 Å². The molecule has 1 aromatic rings. The molecule has 1 amide bonds. The van der Waals surface area contributed by atoms with Gasteiger partial charge in [-0.15, -0.1) is 12.4 Å². The van der Waals surface area contributed by atoms with E-state index in [9.17, 15) is 13.2 Å². The Morgan fingerprint density at radius 1 is 1.32 bits per heavy atom. The number of benzene rings is 1. The quantitative estimate of drug-likeness (QED) is 0.736. The Hall–Kier alpha value is -0.960. The molecule has 1 aliphatic rings. The maximum absolute atomic E-state index is 11.9.